The number of fused-ring (bicyclic) bond motifs is 6. The second kappa shape index (κ2) is 4.68. The monoisotopic (exact) mass is 314 g/mol. The lowest BCUT2D eigenvalue weighted by molar-refractivity contribution is 0.410. The van der Waals surface area contributed by atoms with Crippen LogP contribution in [0.4, 0.5) is 11.4 Å². The molecule has 0 atom stereocenters. The molecule has 3 aromatic carbocycles. The molecular formula is C20H14N2O2. The van der Waals surface area contributed by atoms with E-state index >= 15 is 0 Å². The Morgan fingerprint density at radius 1 is 0.833 bits per heavy atom. The molecule has 0 saturated carbocycles. The van der Waals surface area contributed by atoms with Gasteiger partial charge in [0.25, 0.3) is 0 Å². The summed E-state index contributed by atoms with van der Waals surface area (Å²) >= 11 is 0. The van der Waals surface area contributed by atoms with Gasteiger partial charge in [0.1, 0.15) is 16.9 Å². The first-order chi connectivity index (χ1) is 11.8. The zero-order valence-electron chi connectivity index (χ0n) is 13.3. The van der Waals surface area contributed by atoms with E-state index in [1.54, 1.807) is 14.2 Å². The second-order valence-corrected chi connectivity index (χ2v) is 5.82. The molecule has 2 aliphatic rings. The number of nitrogens with zero attached hydrogens (tertiary/aromatic N) is 2. The van der Waals surface area contributed by atoms with Crippen molar-refractivity contribution in [2.24, 2.45) is 9.98 Å². The van der Waals surface area contributed by atoms with Crippen molar-refractivity contribution in [2.75, 3.05) is 14.2 Å². The number of rotatable bonds is 2. The van der Waals surface area contributed by atoms with Crippen LogP contribution in [0.1, 0.15) is 0 Å². The van der Waals surface area contributed by atoms with E-state index in [4.69, 9.17) is 19.5 Å². The molecule has 0 fully saturated rings. The molecule has 0 radical (unpaired) electrons. The first-order valence-corrected chi connectivity index (χ1v) is 7.76. The molecule has 3 aromatic rings. The highest BCUT2D eigenvalue weighted by Gasteiger charge is 2.23. The zero-order chi connectivity index (χ0) is 16.3. The SMILES string of the molecule is COc1ccc2c(c1)N=c1c(OC)cc3c(c1-2)N=c1ccccc1=3. The van der Waals surface area contributed by atoms with Crippen LogP contribution in [-0.2, 0) is 0 Å². The summed E-state index contributed by atoms with van der Waals surface area (Å²) in [6.07, 6.45) is 0. The lowest BCUT2D eigenvalue weighted by atomic mass is 10.0. The van der Waals surface area contributed by atoms with Crippen molar-refractivity contribution in [1.29, 1.82) is 0 Å². The lowest BCUT2D eigenvalue weighted by Crippen LogP contribution is -2.06. The highest BCUT2D eigenvalue weighted by molar-refractivity contribution is 5.88. The lowest BCUT2D eigenvalue weighted by Gasteiger charge is -2.06. The highest BCUT2D eigenvalue weighted by atomic mass is 16.5. The van der Waals surface area contributed by atoms with Crippen LogP contribution in [0.3, 0.4) is 0 Å². The summed E-state index contributed by atoms with van der Waals surface area (Å²) in [6, 6.07) is 16.2. The molecule has 24 heavy (non-hydrogen) atoms. The number of benzene rings is 3. The average molecular weight is 314 g/mol. The van der Waals surface area contributed by atoms with Crippen LogP contribution in [0.5, 0.6) is 11.5 Å². The van der Waals surface area contributed by atoms with E-state index in [0.717, 1.165) is 55.2 Å². The minimum Gasteiger partial charge on any atom is -0.497 e. The molecule has 0 bridgehead atoms. The highest BCUT2D eigenvalue weighted by Crippen LogP contribution is 2.42. The summed E-state index contributed by atoms with van der Waals surface area (Å²) in [6.45, 7) is 0. The number of ether oxygens (including phenoxy) is 2. The number of hydrogen-bond acceptors (Lipinski definition) is 4. The van der Waals surface area contributed by atoms with Crippen molar-refractivity contribution >= 4 is 11.4 Å². The Morgan fingerprint density at radius 3 is 2.54 bits per heavy atom. The molecule has 0 aliphatic carbocycles. The summed E-state index contributed by atoms with van der Waals surface area (Å²) < 4.78 is 10.9. The minimum absolute atomic E-state index is 0.769. The minimum atomic E-state index is 0.769. The summed E-state index contributed by atoms with van der Waals surface area (Å²) in [5.74, 6) is 1.56. The molecule has 2 aliphatic heterocycles. The number of methoxy groups -OCH3 is 2. The maximum Gasteiger partial charge on any atom is 0.145 e. The predicted molar refractivity (Wildman–Crippen MR) is 90.7 cm³/mol. The molecular weight excluding hydrogens is 300 g/mol. The van der Waals surface area contributed by atoms with Gasteiger partial charge in [0.2, 0.25) is 0 Å². The quantitative estimate of drug-likeness (QED) is 0.502. The van der Waals surface area contributed by atoms with E-state index in [1.807, 2.05) is 42.5 Å². The third kappa shape index (κ3) is 1.62. The van der Waals surface area contributed by atoms with Gasteiger partial charge < -0.3 is 9.47 Å². The molecule has 4 nitrogen and oxygen atoms in total. The van der Waals surface area contributed by atoms with Gasteiger partial charge in [-0.3, -0.25) is 0 Å². The Bertz CT molecular complexity index is 1230. The third-order valence-electron chi connectivity index (χ3n) is 4.59. The van der Waals surface area contributed by atoms with E-state index in [1.165, 1.54) is 0 Å². The first-order valence-electron chi connectivity index (χ1n) is 7.76. The Hall–Kier alpha value is -3.14. The molecule has 0 saturated heterocycles. The molecule has 4 heteroatoms. The standard InChI is InChI=1S/C20H14N2O2/c1-23-11-7-8-13-16(9-11)22-20-17(24-2)10-14-12-5-3-4-6-15(12)21-19(14)18(13)20/h3-10H,1-2H3. The van der Waals surface area contributed by atoms with Crippen LogP contribution in [0.2, 0.25) is 0 Å². The zero-order valence-corrected chi connectivity index (χ0v) is 13.3. The Balaban J connectivity index is 1.96. The van der Waals surface area contributed by atoms with Crippen LogP contribution in [0.15, 0.2) is 58.5 Å². The maximum absolute atomic E-state index is 5.62. The maximum atomic E-state index is 5.62. The van der Waals surface area contributed by atoms with E-state index < -0.39 is 0 Å². The fourth-order valence-electron chi connectivity index (χ4n) is 3.46. The van der Waals surface area contributed by atoms with Gasteiger partial charge in [-0.25, -0.2) is 9.98 Å². The van der Waals surface area contributed by atoms with Gasteiger partial charge in [0.15, 0.2) is 0 Å². The Kier molecular flexibility index (Phi) is 2.59. The summed E-state index contributed by atoms with van der Waals surface area (Å²) in [5, 5.41) is 4.07. The molecule has 2 heterocycles. The molecule has 0 amide bonds. The molecule has 0 spiro atoms. The van der Waals surface area contributed by atoms with Crippen LogP contribution < -0.4 is 20.2 Å². The van der Waals surface area contributed by atoms with Gasteiger partial charge in [-0.05, 0) is 24.3 Å². The molecule has 116 valence electrons. The second-order valence-electron chi connectivity index (χ2n) is 5.82. The van der Waals surface area contributed by atoms with Gasteiger partial charge in [0, 0.05) is 27.6 Å². The van der Waals surface area contributed by atoms with E-state index in [2.05, 4.69) is 6.07 Å². The largest absolute Gasteiger partial charge is 0.497 e. The van der Waals surface area contributed by atoms with Gasteiger partial charge in [-0.15, -0.1) is 0 Å². The van der Waals surface area contributed by atoms with E-state index in [0.29, 0.717) is 0 Å². The van der Waals surface area contributed by atoms with Gasteiger partial charge in [-0.2, -0.15) is 0 Å². The van der Waals surface area contributed by atoms with Crippen molar-refractivity contribution in [3.05, 3.63) is 69.7 Å². The summed E-state index contributed by atoms with van der Waals surface area (Å²) in [4.78, 5) is 9.63. The normalized spacial score (nSPS) is 12.4. The van der Waals surface area contributed by atoms with Crippen molar-refractivity contribution in [2.45, 2.75) is 0 Å². The Labute approximate surface area is 138 Å². The van der Waals surface area contributed by atoms with Gasteiger partial charge >= 0.3 is 0 Å². The summed E-state index contributed by atoms with van der Waals surface area (Å²) in [5.41, 5.74) is 3.97. The van der Waals surface area contributed by atoms with Crippen LogP contribution in [-0.4, -0.2) is 14.2 Å². The first kappa shape index (κ1) is 13.3. The fourth-order valence-corrected chi connectivity index (χ4v) is 3.46. The fraction of sp³-hybridized carbons (Fsp3) is 0.100. The molecule has 0 aromatic heterocycles. The smallest absolute Gasteiger partial charge is 0.145 e. The molecule has 0 N–H and O–H groups in total. The van der Waals surface area contributed by atoms with Crippen LogP contribution >= 0.6 is 0 Å². The number of para-hydroxylation sites is 1. The topological polar surface area (TPSA) is 43.2 Å². The molecule has 5 rings (SSSR count). The predicted octanol–water partition coefficient (Wildman–Crippen LogP) is 3.19. The van der Waals surface area contributed by atoms with Gasteiger partial charge in [-0.1, -0.05) is 18.2 Å². The van der Waals surface area contributed by atoms with Gasteiger partial charge in [0.05, 0.1) is 31.0 Å². The Morgan fingerprint density at radius 2 is 1.71 bits per heavy atom. The van der Waals surface area contributed by atoms with Crippen molar-refractivity contribution in [3.8, 4) is 22.6 Å². The van der Waals surface area contributed by atoms with E-state index in [-0.39, 0.29) is 0 Å². The van der Waals surface area contributed by atoms with Crippen molar-refractivity contribution < 1.29 is 9.47 Å². The van der Waals surface area contributed by atoms with Crippen LogP contribution in [0.25, 0.3) is 11.1 Å². The van der Waals surface area contributed by atoms with Crippen molar-refractivity contribution in [1.82, 2.24) is 0 Å². The van der Waals surface area contributed by atoms with Crippen LogP contribution in [0, 0.1) is 10.4 Å². The average Bonchev–Trinajstić information content (AvgIpc) is 3.18. The van der Waals surface area contributed by atoms with E-state index in [9.17, 15) is 0 Å². The molecule has 0 unspecified atom stereocenters. The number of hydrogen-bond donors (Lipinski definition) is 0. The van der Waals surface area contributed by atoms with Crippen molar-refractivity contribution in [3.63, 3.8) is 0 Å². The third-order valence-corrected chi connectivity index (χ3v) is 4.59. The summed E-state index contributed by atoms with van der Waals surface area (Å²) in [7, 11) is 3.34.